The zero-order chi connectivity index (χ0) is 25.1. The van der Waals surface area contributed by atoms with Gasteiger partial charge in [0.2, 0.25) is 0 Å². The summed E-state index contributed by atoms with van der Waals surface area (Å²) in [5.41, 5.74) is 0. The monoisotopic (exact) mass is 502 g/mol. The molecule has 5 nitrogen and oxygen atoms in total. The van der Waals surface area contributed by atoms with Crippen LogP contribution < -0.4 is 0 Å². The van der Waals surface area contributed by atoms with Gasteiger partial charge in [0.15, 0.2) is 0 Å². The van der Waals surface area contributed by atoms with Crippen LogP contribution in [0.1, 0.15) is 142 Å². The molecule has 0 bridgehead atoms. The van der Waals surface area contributed by atoms with Gasteiger partial charge in [-0.2, -0.15) is 0 Å². The average molecular weight is 503 g/mol. The molecule has 0 aromatic heterocycles. The Kier molecular flexibility index (Phi) is 26.0. The normalized spacial score (nSPS) is 11.1. The van der Waals surface area contributed by atoms with Crippen molar-refractivity contribution in [1.82, 2.24) is 0 Å². The van der Waals surface area contributed by atoms with Gasteiger partial charge in [-0.15, -0.1) is 0 Å². The predicted molar refractivity (Wildman–Crippen MR) is 143 cm³/mol. The summed E-state index contributed by atoms with van der Waals surface area (Å²) in [7, 11) is -0.748. The maximum atomic E-state index is 12.1. The Balaban J connectivity index is 3.36. The number of esters is 2. The molecule has 0 spiro atoms. The highest BCUT2D eigenvalue weighted by molar-refractivity contribution is 7.84. The lowest BCUT2D eigenvalue weighted by Crippen LogP contribution is -2.06. The average Bonchev–Trinajstić information content (AvgIpc) is 2.82. The van der Waals surface area contributed by atoms with Gasteiger partial charge in [0.1, 0.15) is 0 Å². The molecule has 0 N–H and O–H groups in total. The maximum Gasteiger partial charge on any atom is 0.305 e. The van der Waals surface area contributed by atoms with E-state index in [1.165, 1.54) is 38.5 Å². The molecule has 0 aromatic rings. The van der Waals surface area contributed by atoms with Crippen molar-refractivity contribution in [2.75, 3.05) is 24.7 Å². The number of unbranched alkanes of at least 4 members (excludes halogenated alkanes) is 14. The summed E-state index contributed by atoms with van der Waals surface area (Å²) in [5, 5.41) is 0. The molecule has 0 saturated carbocycles. The predicted octanol–water partition coefficient (Wildman–Crippen LogP) is 7.66. The van der Waals surface area contributed by atoms with E-state index in [1.807, 2.05) is 0 Å². The van der Waals surface area contributed by atoms with Crippen LogP contribution in [0.15, 0.2) is 0 Å². The number of carbonyl (C=O) groups excluding carboxylic acids is 2. The van der Waals surface area contributed by atoms with Crippen LogP contribution >= 0.6 is 0 Å². The fourth-order valence-corrected chi connectivity index (χ4v) is 5.06. The van der Waals surface area contributed by atoms with Crippen molar-refractivity contribution < 1.29 is 23.3 Å². The molecule has 0 aliphatic heterocycles. The summed E-state index contributed by atoms with van der Waals surface area (Å²) in [4.78, 5) is 23.4. The molecule has 0 radical (unpaired) electrons. The van der Waals surface area contributed by atoms with Gasteiger partial charge in [-0.05, 0) is 38.5 Å². The Hall–Kier alpha value is -0.910. The van der Waals surface area contributed by atoms with Crippen LogP contribution in [-0.4, -0.2) is 40.9 Å². The summed E-state index contributed by atoms with van der Waals surface area (Å²) in [6.07, 6.45) is 20.4. The lowest BCUT2D eigenvalue weighted by atomic mass is 10.1. The quantitative estimate of drug-likeness (QED) is 0.0896. The Morgan fingerprint density at radius 1 is 0.500 bits per heavy atom. The van der Waals surface area contributed by atoms with E-state index < -0.39 is 10.8 Å². The third kappa shape index (κ3) is 25.7. The number of hydrogen-bond donors (Lipinski definition) is 0. The Bertz CT molecular complexity index is 453. The lowest BCUT2D eigenvalue weighted by molar-refractivity contribution is -0.144. The first-order chi connectivity index (χ1) is 16.6. The van der Waals surface area contributed by atoms with Gasteiger partial charge in [0.05, 0.1) is 13.2 Å². The van der Waals surface area contributed by atoms with Gasteiger partial charge in [-0.3, -0.25) is 13.8 Å². The summed E-state index contributed by atoms with van der Waals surface area (Å²) in [6, 6.07) is 0. The highest BCUT2D eigenvalue weighted by atomic mass is 32.2. The molecule has 0 rings (SSSR count). The Labute approximate surface area is 213 Å². The molecule has 0 heterocycles. The fraction of sp³-hybridized carbons (Fsp3) is 0.929. The van der Waals surface area contributed by atoms with E-state index in [1.54, 1.807) is 0 Å². The van der Waals surface area contributed by atoms with E-state index in [2.05, 4.69) is 13.8 Å². The van der Waals surface area contributed by atoms with Crippen molar-refractivity contribution in [2.45, 2.75) is 142 Å². The first-order valence-corrected chi connectivity index (χ1v) is 15.7. The number of rotatable bonds is 26. The number of carbonyl (C=O) groups is 2. The summed E-state index contributed by atoms with van der Waals surface area (Å²) in [5.74, 6) is 1.36. The summed E-state index contributed by atoms with van der Waals surface area (Å²) in [6.45, 7) is 5.51. The minimum atomic E-state index is -0.748. The van der Waals surface area contributed by atoms with E-state index in [-0.39, 0.29) is 11.9 Å². The summed E-state index contributed by atoms with van der Waals surface area (Å²) < 4.78 is 22.7. The number of ether oxygens (including phenoxy) is 2. The van der Waals surface area contributed by atoms with Crippen molar-refractivity contribution in [1.29, 1.82) is 0 Å². The van der Waals surface area contributed by atoms with Gasteiger partial charge in [-0.1, -0.05) is 90.9 Å². The molecule has 6 heteroatoms. The van der Waals surface area contributed by atoms with E-state index in [4.69, 9.17) is 9.47 Å². The van der Waals surface area contributed by atoms with E-state index in [0.717, 1.165) is 88.6 Å². The van der Waals surface area contributed by atoms with Crippen molar-refractivity contribution in [3.05, 3.63) is 0 Å². The maximum absolute atomic E-state index is 12.1. The van der Waals surface area contributed by atoms with Gasteiger partial charge >= 0.3 is 11.9 Å². The van der Waals surface area contributed by atoms with Crippen LogP contribution in [0.25, 0.3) is 0 Å². The standard InChI is InChI=1S/C28H54O5S/c1-3-5-7-11-17-23-32-27(29)21-15-9-13-19-25-34(31)26-20-14-10-16-22-28(30)33-24-18-12-8-6-4-2/h3-26H2,1-2H3. The highest BCUT2D eigenvalue weighted by Gasteiger charge is 2.05. The zero-order valence-corrected chi connectivity index (χ0v) is 23.2. The lowest BCUT2D eigenvalue weighted by Gasteiger charge is -2.06. The van der Waals surface area contributed by atoms with Crippen LogP contribution in [0, 0.1) is 0 Å². The van der Waals surface area contributed by atoms with Crippen molar-refractivity contribution in [3.63, 3.8) is 0 Å². The van der Waals surface area contributed by atoms with Crippen LogP contribution in [0.2, 0.25) is 0 Å². The van der Waals surface area contributed by atoms with Crippen LogP contribution in [0.3, 0.4) is 0 Å². The fourth-order valence-electron chi connectivity index (χ4n) is 3.80. The molecule has 0 aliphatic rings. The second-order valence-electron chi connectivity index (χ2n) is 9.45. The molecule has 0 unspecified atom stereocenters. The molecule has 0 aromatic carbocycles. The smallest absolute Gasteiger partial charge is 0.305 e. The first-order valence-electron chi connectivity index (χ1n) is 14.3. The van der Waals surface area contributed by atoms with Crippen LogP contribution in [-0.2, 0) is 29.9 Å². The van der Waals surface area contributed by atoms with Crippen molar-refractivity contribution in [3.8, 4) is 0 Å². The minimum absolute atomic E-state index is 0.0743. The third-order valence-electron chi connectivity index (χ3n) is 6.03. The third-order valence-corrected chi connectivity index (χ3v) is 7.52. The van der Waals surface area contributed by atoms with Gasteiger partial charge in [0.25, 0.3) is 0 Å². The van der Waals surface area contributed by atoms with Crippen LogP contribution in [0.4, 0.5) is 0 Å². The van der Waals surface area contributed by atoms with Crippen molar-refractivity contribution in [2.24, 2.45) is 0 Å². The first kappa shape index (κ1) is 33.1. The highest BCUT2D eigenvalue weighted by Crippen LogP contribution is 2.09. The van der Waals surface area contributed by atoms with Gasteiger partial charge in [0, 0.05) is 35.1 Å². The molecule has 0 fully saturated rings. The van der Waals surface area contributed by atoms with Crippen LogP contribution in [0.5, 0.6) is 0 Å². The van der Waals surface area contributed by atoms with E-state index in [0.29, 0.717) is 26.1 Å². The molecular weight excluding hydrogens is 448 g/mol. The van der Waals surface area contributed by atoms with Crippen molar-refractivity contribution >= 4 is 22.7 Å². The van der Waals surface area contributed by atoms with Gasteiger partial charge in [-0.25, -0.2) is 0 Å². The second kappa shape index (κ2) is 26.7. The SMILES string of the molecule is CCCCCCCOC(=O)CCCCCCS(=O)CCCCCCC(=O)OCCCCCCC. The molecule has 202 valence electrons. The zero-order valence-electron chi connectivity index (χ0n) is 22.4. The number of hydrogen-bond acceptors (Lipinski definition) is 5. The minimum Gasteiger partial charge on any atom is -0.466 e. The molecule has 0 atom stereocenters. The largest absolute Gasteiger partial charge is 0.466 e. The van der Waals surface area contributed by atoms with Gasteiger partial charge < -0.3 is 9.47 Å². The topological polar surface area (TPSA) is 69.7 Å². The molecule has 34 heavy (non-hydrogen) atoms. The van der Waals surface area contributed by atoms with E-state index >= 15 is 0 Å². The Morgan fingerprint density at radius 3 is 1.26 bits per heavy atom. The summed E-state index contributed by atoms with van der Waals surface area (Å²) >= 11 is 0. The molecule has 0 aliphatic carbocycles. The Morgan fingerprint density at radius 2 is 0.853 bits per heavy atom. The molecule has 0 amide bonds. The van der Waals surface area contributed by atoms with E-state index in [9.17, 15) is 13.8 Å². The molecular formula is C28H54O5S. The second-order valence-corrected chi connectivity index (χ2v) is 11.1. The molecule has 0 saturated heterocycles.